The molecule has 0 aromatic carbocycles. The molecule has 1 saturated heterocycles. The zero-order chi connectivity index (χ0) is 12.2. The van der Waals surface area contributed by atoms with Gasteiger partial charge in [0.25, 0.3) is 0 Å². The van der Waals surface area contributed by atoms with Crippen LogP contribution in [-0.2, 0) is 4.79 Å². The van der Waals surface area contributed by atoms with Crippen molar-refractivity contribution in [1.29, 1.82) is 0 Å². The van der Waals surface area contributed by atoms with Gasteiger partial charge in [-0.25, -0.2) is 0 Å². The molecular weight excluding hydrogens is 204 g/mol. The van der Waals surface area contributed by atoms with Crippen LogP contribution in [0.5, 0.6) is 0 Å². The van der Waals surface area contributed by atoms with Crippen molar-refractivity contribution < 1.29 is 9.90 Å². The van der Waals surface area contributed by atoms with Crippen LogP contribution < -0.4 is 5.32 Å². The van der Waals surface area contributed by atoms with Crippen LogP contribution in [-0.4, -0.2) is 47.7 Å². The molecule has 0 bridgehead atoms. The van der Waals surface area contributed by atoms with Crippen LogP contribution >= 0.6 is 0 Å². The molecule has 0 spiro atoms. The lowest BCUT2D eigenvalue weighted by Crippen LogP contribution is -2.58. The summed E-state index contributed by atoms with van der Waals surface area (Å²) < 4.78 is 0. The number of carbonyl (C=O) groups is 1. The molecular formula is C12H24N2O2. The average Bonchev–Trinajstić information content (AvgIpc) is 2.20. The minimum Gasteiger partial charge on any atom is -0.480 e. The summed E-state index contributed by atoms with van der Waals surface area (Å²) in [5, 5.41) is 12.5. The number of rotatable bonds is 5. The molecule has 0 atom stereocenters. The fraction of sp³-hybridized carbons (Fsp3) is 0.917. The quantitative estimate of drug-likeness (QED) is 0.741. The van der Waals surface area contributed by atoms with Gasteiger partial charge in [0.05, 0.1) is 0 Å². The normalized spacial score (nSPS) is 21.2. The van der Waals surface area contributed by atoms with Crippen molar-refractivity contribution in [2.24, 2.45) is 5.92 Å². The minimum absolute atomic E-state index is 0.650. The first-order valence-corrected chi connectivity index (χ1v) is 6.21. The predicted octanol–water partition coefficient (Wildman–Crippen LogP) is 1.17. The fourth-order valence-electron chi connectivity index (χ4n) is 2.44. The lowest BCUT2D eigenvalue weighted by atomic mass is 9.87. The van der Waals surface area contributed by atoms with Crippen LogP contribution in [0.2, 0.25) is 0 Å². The van der Waals surface area contributed by atoms with Gasteiger partial charge in [0.15, 0.2) is 0 Å². The van der Waals surface area contributed by atoms with Crippen molar-refractivity contribution in [3.63, 3.8) is 0 Å². The Morgan fingerprint density at radius 2 is 2.00 bits per heavy atom. The molecule has 1 aliphatic rings. The fourth-order valence-corrected chi connectivity index (χ4v) is 2.44. The monoisotopic (exact) mass is 228 g/mol. The van der Waals surface area contributed by atoms with Gasteiger partial charge in [-0.3, -0.25) is 4.79 Å². The topological polar surface area (TPSA) is 52.6 Å². The Morgan fingerprint density at radius 1 is 1.44 bits per heavy atom. The van der Waals surface area contributed by atoms with E-state index in [0.717, 1.165) is 26.2 Å². The van der Waals surface area contributed by atoms with Gasteiger partial charge in [-0.05, 0) is 25.3 Å². The molecule has 16 heavy (non-hydrogen) atoms. The smallest absolute Gasteiger partial charge is 0.323 e. The molecule has 0 aromatic heterocycles. The second-order valence-electron chi connectivity index (χ2n) is 5.11. The van der Waals surface area contributed by atoms with Crippen LogP contribution in [0.4, 0.5) is 0 Å². The lowest BCUT2D eigenvalue weighted by molar-refractivity contribution is -0.147. The van der Waals surface area contributed by atoms with Gasteiger partial charge in [-0.1, -0.05) is 20.8 Å². The van der Waals surface area contributed by atoms with Gasteiger partial charge in [0, 0.05) is 19.6 Å². The maximum atomic E-state index is 11.3. The maximum absolute atomic E-state index is 11.3. The highest BCUT2D eigenvalue weighted by molar-refractivity contribution is 5.79. The number of carboxylic acids is 1. The highest BCUT2D eigenvalue weighted by Gasteiger charge is 2.40. The summed E-state index contributed by atoms with van der Waals surface area (Å²) >= 11 is 0. The average molecular weight is 228 g/mol. The van der Waals surface area contributed by atoms with Crippen LogP contribution in [0.3, 0.4) is 0 Å². The highest BCUT2D eigenvalue weighted by Crippen LogP contribution is 2.23. The third-order valence-corrected chi connectivity index (χ3v) is 3.26. The third-order valence-electron chi connectivity index (χ3n) is 3.26. The Balaban J connectivity index is 2.52. The first kappa shape index (κ1) is 13.5. The van der Waals surface area contributed by atoms with Crippen molar-refractivity contribution in [3.05, 3.63) is 0 Å². The van der Waals surface area contributed by atoms with Gasteiger partial charge in [-0.2, -0.15) is 0 Å². The minimum atomic E-state index is -0.696. The number of likely N-dealkylation sites (tertiary alicyclic amines) is 1. The molecule has 0 saturated carbocycles. The third kappa shape index (κ3) is 3.19. The SMILES string of the molecule is CCNC1(C(=O)O)CCN(CC(C)C)CC1. The van der Waals surface area contributed by atoms with Crippen molar-refractivity contribution in [1.82, 2.24) is 10.2 Å². The first-order valence-electron chi connectivity index (χ1n) is 6.21. The van der Waals surface area contributed by atoms with E-state index in [-0.39, 0.29) is 0 Å². The molecule has 1 heterocycles. The number of piperidine rings is 1. The van der Waals surface area contributed by atoms with Gasteiger partial charge in [0.1, 0.15) is 5.54 Å². The number of likely N-dealkylation sites (N-methyl/N-ethyl adjacent to an activating group) is 1. The molecule has 94 valence electrons. The number of nitrogens with zero attached hydrogens (tertiary/aromatic N) is 1. The number of carboxylic acid groups (broad SMARTS) is 1. The molecule has 4 nitrogen and oxygen atoms in total. The van der Waals surface area contributed by atoms with Crippen LogP contribution in [0.15, 0.2) is 0 Å². The number of nitrogens with one attached hydrogen (secondary N) is 1. The van der Waals surface area contributed by atoms with E-state index in [1.807, 2.05) is 6.92 Å². The summed E-state index contributed by atoms with van der Waals surface area (Å²) in [6.07, 6.45) is 1.42. The standard InChI is InChI=1S/C12H24N2O2/c1-4-13-12(11(15)16)5-7-14(8-6-12)9-10(2)3/h10,13H,4-9H2,1-3H3,(H,15,16). The summed E-state index contributed by atoms with van der Waals surface area (Å²) in [5.41, 5.74) is -0.678. The summed E-state index contributed by atoms with van der Waals surface area (Å²) in [7, 11) is 0. The van der Waals surface area contributed by atoms with Crippen LogP contribution in [0.25, 0.3) is 0 Å². The Hall–Kier alpha value is -0.610. The van der Waals surface area contributed by atoms with E-state index in [4.69, 9.17) is 0 Å². The van der Waals surface area contributed by atoms with E-state index in [9.17, 15) is 9.90 Å². The van der Waals surface area contributed by atoms with Gasteiger partial charge in [0.2, 0.25) is 0 Å². The zero-order valence-corrected chi connectivity index (χ0v) is 10.6. The van der Waals surface area contributed by atoms with E-state index >= 15 is 0 Å². The summed E-state index contributed by atoms with van der Waals surface area (Å²) in [6.45, 7) is 9.92. The lowest BCUT2D eigenvalue weighted by Gasteiger charge is -2.39. The molecule has 0 aromatic rings. The van der Waals surface area contributed by atoms with E-state index in [2.05, 4.69) is 24.1 Å². The van der Waals surface area contributed by atoms with E-state index < -0.39 is 11.5 Å². The van der Waals surface area contributed by atoms with Gasteiger partial charge < -0.3 is 15.3 Å². The zero-order valence-electron chi connectivity index (χ0n) is 10.6. The molecule has 0 amide bonds. The van der Waals surface area contributed by atoms with Crippen molar-refractivity contribution in [2.45, 2.75) is 39.2 Å². The Bertz CT molecular complexity index is 233. The number of aliphatic carboxylic acids is 1. The molecule has 2 N–H and O–H groups in total. The molecule has 1 aliphatic heterocycles. The van der Waals surface area contributed by atoms with E-state index in [1.165, 1.54) is 0 Å². The van der Waals surface area contributed by atoms with Crippen LogP contribution in [0.1, 0.15) is 33.6 Å². The summed E-state index contributed by atoms with van der Waals surface area (Å²) in [5.74, 6) is -0.0463. The Morgan fingerprint density at radius 3 is 2.38 bits per heavy atom. The van der Waals surface area contributed by atoms with Crippen molar-refractivity contribution in [3.8, 4) is 0 Å². The van der Waals surface area contributed by atoms with Crippen molar-refractivity contribution >= 4 is 5.97 Å². The molecule has 0 unspecified atom stereocenters. The Labute approximate surface area is 98.0 Å². The predicted molar refractivity (Wildman–Crippen MR) is 64.6 cm³/mol. The molecule has 1 fully saturated rings. The van der Waals surface area contributed by atoms with E-state index in [0.29, 0.717) is 18.8 Å². The highest BCUT2D eigenvalue weighted by atomic mass is 16.4. The second kappa shape index (κ2) is 5.64. The maximum Gasteiger partial charge on any atom is 0.323 e. The van der Waals surface area contributed by atoms with Gasteiger partial charge >= 0.3 is 5.97 Å². The largest absolute Gasteiger partial charge is 0.480 e. The summed E-state index contributed by atoms with van der Waals surface area (Å²) in [4.78, 5) is 13.7. The van der Waals surface area contributed by atoms with Crippen molar-refractivity contribution in [2.75, 3.05) is 26.2 Å². The van der Waals surface area contributed by atoms with E-state index in [1.54, 1.807) is 0 Å². The molecule has 0 aliphatic carbocycles. The first-order chi connectivity index (χ1) is 7.50. The molecule has 1 rings (SSSR count). The molecule has 4 heteroatoms. The molecule has 0 radical (unpaired) electrons. The summed E-state index contributed by atoms with van der Waals surface area (Å²) in [6, 6.07) is 0. The number of hydrogen-bond acceptors (Lipinski definition) is 3. The number of hydrogen-bond donors (Lipinski definition) is 2. The Kier molecular flexibility index (Phi) is 4.74. The second-order valence-corrected chi connectivity index (χ2v) is 5.11. The van der Waals surface area contributed by atoms with Gasteiger partial charge in [-0.15, -0.1) is 0 Å². The van der Waals surface area contributed by atoms with Crippen LogP contribution in [0, 0.1) is 5.92 Å².